The minimum atomic E-state index is 0.616. The molecule has 0 fully saturated rings. The normalized spacial score (nSPS) is 10.6. The van der Waals surface area contributed by atoms with E-state index in [1.807, 2.05) is 58.2 Å². The standard InChI is InChI=1S/C19H16N4O2/c1-2-8-22(7-1)13-18-16(5-11-24-18)20-15-21-17-6-12-25-19(17)14-23-9-3-4-10-23/h1-12H,13-14H2. The Hall–Kier alpha value is -3.50. The van der Waals surface area contributed by atoms with Crippen LogP contribution in [0.1, 0.15) is 11.5 Å². The molecule has 0 N–H and O–H groups in total. The number of hydrogen-bond donors (Lipinski definition) is 0. The molecule has 0 aliphatic heterocycles. The molecule has 0 amide bonds. The summed E-state index contributed by atoms with van der Waals surface area (Å²) in [7, 11) is 0. The van der Waals surface area contributed by atoms with Crippen molar-refractivity contribution in [2.45, 2.75) is 13.1 Å². The molecule has 25 heavy (non-hydrogen) atoms. The van der Waals surface area contributed by atoms with Gasteiger partial charge in [-0.15, -0.1) is 0 Å². The maximum atomic E-state index is 5.50. The van der Waals surface area contributed by atoms with Crippen LogP contribution in [0.2, 0.25) is 0 Å². The zero-order valence-corrected chi connectivity index (χ0v) is 13.4. The number of hydrogen-bond acceptors (Lipinski definition) is 4. The zero-order valence-electron chi connectivity index (χ0n) is 13.4. The van der Waals surface area contributed by atoms with E-state index in [1.54, 1.807) is 24.7 Å². The first-order chi connectivity index (χ1) is 12.4. The van der Waals surface area contributed by atoms with Gasteiger partial charge in [-0.2, -0.15) is 9.98 Å². The molecule has 0 saturated heterocycles. The fourth-order valence-corrected chi connectivity index (χ4v) is 2.52. The van der Waals surface area contributed by atoms with Gasteiger partial charge in [0.25, 0.3) is 0 Å². The summed E-state index contributed by atoms with van der Waals surface area (Å²) in [5.74, 6) is 1.53. The van der Waals surface area contributed by atoms with Crippen LogP contribution >= 0.6 is 0 Å². The molecule has 0 saturated carbocycles. The van der Waals surface area contributed by atoms with Crippen molar-refractivity contribution in [3.63, 3.8) is 0 Å². The summed E-state index contributed by atoms with van der Waals surface area (Å²) in [5.41, 5.74) is 1.43. The summed E-state index contributed by atoms with van der Waals surface area (Å²) in [6.45, 7) is 1.23. The highest BCUT2D eigenvalue weighted by Gasteiger charge is 2.07. The van der Waals surface area contributed by atoms with E-state index in [2.05, 4.69) is 16.0 Å². The Bertz CT molecular complexity index is 906. The van der Waals surface area contributed by atoms with Crippen LogP contribution in [0.25, 0.3) is 0 Å². The molecule has 0 bridgehead atoms. The molecule has 6 heteroatoms. The van der Waals surface area contributed by atoms with Gasteiger partial charge in [-0.05, 0) is 24.3 Å². The van der Waals surface area contributed by atoms with Crippen molar-refractivity contribution in [2.24, 2.45) is 9.98 Å². The van der Waals surface area contributed by atoms with E-state index in [-0.39, 0.29) is 0 Å². The Kier molecular flexibility index (Phi) is 4.18. The third-order valence-corrected chi connectivity index (χ3v) is 3.77. The quantitative estimate of drug-likeness (QED) is 0.480. The molecule has 4 aromatic rings. The monoisotopic (exact) mass is 332 g/mol. The lowest BCUT2D eigenvalue weighted by molar-refractivity contribution is 0.495. The highest BCUT2D eigenvalue weighted by molar-refractivity contribution is 5.59. The molecule has 0 atom stereocenters. The summed E-state index contributed by atoms with van der Waals surface area (Å²) in [6, 6.07) is 14.2. The largest absolute Gasteiger partial charge is 0.465 e. The van der Waals surface area contributed by atoms with E-state index < -0.39 is 0 Å². The maximum Gasteiger partial charge on any atom is 0.149 e. The Morgan fingerprint density at radius 3 is 1.60 bits per heavy atom. The highest BCUT2D eigenvalue weighted by atomic mass is 16.3. The fourth-order valence-electron chi connectivity index (χ4n) is 2.52. The van der Waals surface area contributed by atoms with Gasteiger partial charge >= 0.3 is 0 Å². The lowest BCUT2D eigenvalue weighted by Crippen LogP contribution is -1.94. The molecule has 4 aromatic heterocycles. The predicted octanol–water partition coefficient (Wildman–Crippen LogP) is 4.71. The molecule has 0 aliphatic rings. The number of furan rings is 2. The van der Waals surface area contributed by atoms with Gasteiger partial charge in [0.05, 0.1) is 25.6 Å². The predicted molar refractivity (Wildman–Crippen MR) is 93.7 cm³/mol. The Morgan fingerprint density at radius 1 is 0.720 bits per heavy atom. The topological polar surface area (TPSA) is 60.9 Å². The molecule has 0 unspecified atom stereocenters. The molecule has 0 aromatic carbocycles. The first kappa shape index (κ1) is 15.1. The van der Waals surface area contributed by atoms with Crippen molar-refractivity contribution < 1.29 is 8.83 Å². The molecular formula is C19H16N4O2. The minimum absolute atomic E-state index is 0.616. The number of aromatic nitrogens is 2. The van der Waals surface area contributed by atoms with Crippen molar-refractivity contribution in [3.8, 4) is 0 Å². The first-order valence-corrected chi connectivity index (χ1v) is 7.89. The minimum Gasteiger partial charge on any atom is -0.465 e. The molecular weight excluding hydrogens is 316 g/mol. The molecule has 0 aliphatic carbocycles. The van der Waals surface area contributed by atoms with E-state index in [9.17, 15) is 0 Å². The molecule has 4 heterocycles. The third kappa shape index (κ3) is 3.54. The lowest BCUT2D eigenvalue weighted by Gasteiger charge is -2.00. The average Bonchev–Trinajstić information content (AvgIpc) is 3.39. The van der Waals surface area contributed by atoms with E-state index in [4.69, 9.17) is 8.83 Å². The van der Waals surface area contributed by atoms with Crippen molar-refractivity contribution in [1.82, 2.24) is 9.13 Å². The summed E-state index contributed by atoms with van der Waals surface area (Å²) < 4.78 is 15.0. The van der Waals surface area contributed by atoms with Gasteiger partial charge in [0, 0.05) is 36.9 Å². The second-order valence-electron chi connectivity index (χ2n) is 5.49. The molecule has 4 rings (SSSR count). The second-order valence-corrected chi connectivity index (χ2v) is 5.49. The number of rotatable bonds is 6. The van der Waals surface area contributed by atoms with Crippen molar-refractivity contribution in [1.29, 1.82) is 0 Å². The Morgan fingerprint density at radius 2 is 1.16 bits per heavy atom. The van der Waals surface area contributed by atoms with Crippen LogP contribution in [0.5, 0.6) is 0 Å². The van der Waals surface area contributed by atoms with Crippen molar-refractivity contribution >= 4 is 17.4 Å². The van der Waals surface area contributed by atoms with Gasteiger partial charge in [-0.3, -0.25) is 0 Å². The third-order valence-electron chi connectivity index (χ3n) is 3.77. The summed E-state index contributed by atoms with van der Waals surface area (Å²) >= 11 is 0. The van der Waals surface area contributed by atoms with E-state index in [0.29, 0.717) is 24.5 Å². The molecule has 6 nitrogen and oxygen atoms in total. The van der Waals surface area contributed by atoms with Crippen LogP contribution in [-0.2, 0) is 13.1 Å². The Labute approximate surface area is 144 Å². The summed E-state index contributed by atoms with van der Waals surface area (Å²) in [4.78, 5) is 8.58. The van der Waals surface area contributed by atoms with Crippen LogP contribution < -0.4 is 0 Å². The average molecular weight is 332 g/mol. The van der Waals surface area contributed by atoms with Crippen LogP contribution in [0.4, 0.5) is 11.4 Å². The van der Waals surface area contributed by atoms with Crippen LogP contribution in [0, 0.1) is 0 Å². The Balaban J connectivity index is 1.51. The molecule has 0 spiro atoms. The first-order valence-electron chi connectivity index (χ1n) is 7.89. The van der Waals surface area contributed by atoms with Gasteiger partial charge in [0.2, 0.25) is 0 Å². The smallest absolute Gasteiger partial charge is 0.149 e. The summed E-state index contributed by atoms with van der Waals surface area (Å²) in [5, 5.41) is 0. The molecule has 0 radical (unpaired) electrons. The fraction of sp³-hybridized carbons (Fsp3) is 0.105. The van der Waals surface area contributed by atoms with Gasteiger partial charge in [0.15, 0.2) is 0 Å². The van der Waals surface area contributed by atoms with Crippen molar-refractivity contribution in [2.75, 3.05) is 0 Å². The number of aliphatic imine (C=N–C) groups is 2. The van der Waals surface area contributed by atoms with Crippen LogP contribution in [0.3, 0.4) is 0 Å². The van der Waals surface area contributed by atoms with E-state index >= 15 is 0 Å². The highest BCUT2D eigenvalue weighted by Crippen LogP contribution is 2.23. The van der Waals surface area contributed by atoms with Gasteiger partial charge in [-0.25, -0.2) is 0 Å². The molecule has 124 valence electrons. The lowest BCUT2D eigenvalue weighted by atomic mass is 10.4. The van der Waals surface area contributed by atoms with E-state index in [1.165, 1.54) is 0 Å². The number of nitrogens with zero attached hydrogens (tertiary/aromatic N) is 4. The van der Waals surface area contributed by atoms with Crippen LogP contribution in [0.15, 0.2) is 92.5 Å². The zero-order chi connectivity index (χ0) is 16.9. The van der Waals surface area contributed by atoms with E-state index in [0.717, 1.165) is 11.5 Å². The van der Waals surface area contributed by atoms with Crippen molar-refractivity contribution in [3.05, 3.63) is 85.2 Å². The van der Waals surface area contributed by atoms with Gasteiger partial charge < -0.3 is 18.0 Å². The SMILES string of the molecule is C(=Nc1ccoc1Cn1cccc1)=Nc1ccoc1Cn1cccc1. The van der Waals surface area contributed by atoms with Gasteiger partial charge in [0.1, 0.15) is 28.9 Å². The maximum absolute atomic E-state index is 5.50. The van der Waals surface area contributed by atoms with Gasteiger partial charge in [-0.1, -0.05) is 0 Å². The summed E-state index contributed by atoms with van der Waals surface area (Å²) in [6.07, 6.45) is 11.1. The van der Waals surface area contributed by atoms with Crippen LogP contribution in [-0.4, -0.2) is 15.1 Å². The second kappa shape index (κ2) is 6.95.